The summed E-state index contributed by atoms with van der Waals surface area (Å²) >= 11 is 0. The fourth-order valence-electron chi connectivity index (χ4n) is 2.65. The Morgan fingerprint density at radius 1 is 1.17 bits per heavy atom. The van der Waals surface area contributed by atoms with Crippen LogP contribution in [0.4, 0.5) is 5.69 Å². The average Bonchev–Trinajstić information content (AvgIpc) is 3.33. The summed E-state index contributed by atoms with van der Waals surface area (Å²) in [5.41, 5.74) is 2.62. The van der Waals surface area contributed by atoms with Crippen molar-refractivity contribution >= 4 is 17.2 Å². The second-order valence-corrected chi connectivity index (χ2v) is 5.97. The van der Waals surface area contributed by atoms with Crippen molar-refractivity contribution in [2.75, 3.05) is 5.32 Å². The smallest absolute Gasteiger partial charge is 0.224 e. The fourth-order valence-corrected chi connectivity index (χ4v) is 2.65. The molecule has 2 heterocycles. The largest absolute Gasteiger partial charge is 0.323 e. The molecule has 0 unspecified atom stereocenters. The van der Waals surface area contributed by atoms with Crippen LogP contribution < -0.4 is 5.32 Å². The highest BCUT2D eigenvalue weighted by molar-refractivity contribution is 5.94. The Balaban J connectivity index is 1.47. The highest BCUT2D eigenvalue weighted by atomic mass is 16.1. The topological polar surface area (TPSA) is 59.3 Å². The van der Waals surface area contributed by atoms with Crippen LogP contribution in [0.15, 0.2) is 48.7 Å². The van der Waals surface area contributed by atoms with E-state index in [1.807, 2.05) is 48.7 Å². The normalized spacial score (nSPS) is 14.1. The Labute approximate surface area is 134 Å². The van der Waals surface area contributed by atoms with E-state index >= 15 is 0 Å². The van der Waals surface area contributed by atoms with Crippen LogP contribution in [0.5, 0.6) is 0 Å². The van der Waals surface area contributed by atoms with Crippen molar-refractivity contribution in [3.05, 3.63) is 60.0 Å². The molecule has 3 aromatic rings. The molecule has 0 radical (unpaired) electrons. The number of benzene rings is 1. The lowest BCUT2D eigenvalue weighted by Gasteiger charge is -2.06. The van der Waals surface area contributed by atoms with Gasteiger partial charge in [0.1, 0.15) is 0 Å². The number of anilines is 1. The van der Waals surface area contributed by atoms with E-state index in [1.54, 1.807) is 4.52 Å². The minimum Gasteiger partial charge on any atom is -0.323 e. The number of carbonyl (C=O) groups excluding carboxylic acids is 1. The molecule has 0 atom stereocenters. The van der Waals surface area contributed by atoms with Gasteiger partial charge in [-0.15, -0.1) is 0 Å². The van der Waals surface area contributed by atoms with Crippen LogP contribution >= 0.6 is 0 Å². The van der Waals surface area contributed by atoms with Crippen LogP contribution in [-0.2, 0) is 11.2 Å². The number of nitrogens with zero attached hydrogens (tertiary/aromatic N) is 3. The maximum atomic E-state index is 12.2. The summed E-state index contributed by atoms with van der Waals surface area (Å²) in [6, 6.07) is 13.8. The number of rotatable bonds is 5. The van der Waals surface area contributed by atoms with E-state index in [0.717, 1.165) is 36.4 Å². The lowest BCUT2D eigenvalue weighted by atomic mass is 10.1. The maximum Gasteiger partial charge on any atom is 0.224 e. The Morgan fingerprint density at radius 2 is 2.00 bits per heavy atom. The first-order chi connectivity index (χ1) is 11.3. The number of aryl methyl sites for hydroxylation is 1. The first kappa shape index (κ1) is 13.9. The molecule has 1 aliphatic carbocycles. The van der Waals surface area contributed by atoms with E-state index in [1.165, 1.54) is 5.56 Å². The highest BCUT2D eigenvalue weighted by Crippen LogP contribution is 2.38. The molecule has 116 valence electrons. The maximum absolute atomic E-state index is 12.2. The Morgan fingerprint density at radius 3 is 2.78 bits per heavy atom. The number of pyridine rings is 1. The van der Waals surface area contributed by atoms with Crippen molar-refractivity contribution in [2.45, 2.75) is 31.6 Å². The summed E-state index contributed by atoms with van der Waals surface area (Å²) in [6.45, 7) is 0. The van der Waals surface area contributed by atoms with Gasteiger partial charge in [-0.2, -0.15) is 5.10 Å². The molecule has 1 saturated carbocycles. The molecule has 1 aromatic carbocycles. The Hall–Kier alpha value is -2.69. The average molecular weight is 306 g/mol. The molecular weight excluding hydrogens is 288 g/mol. The predicted octanol–water partition coefficient (Wildman–Crippen LogP) is 3.18. The van der Waals surface area contributed by atoms with E-state index in [9.17, 15) is 4.79 Å². The van der Waals surface area contributed by atoms with Gasteiger partial charge in [0.25, 0.3) is 0 Å². The van der Waals surface area contributed by atoms with Gasteiger partial charge in [0.15, 0.2) is 11.5 Å². The van der Waals surface area contributed by atoms with Gasteiger partial charge in [0, 0.05) is 18.5 Å². The number of amides is 1. The second-order valence-electron chi connectivity index (χ2n) is 5.97. The van der Waals surface area contributed by atoms with Crippen LogP contribution in [-0.4, -0.2) is 20.5 Å². The molecular formula is C18H18N4O. The molecule has 0 aliphatic heterocycles. The quantitative estimate of drug-likeness (QED) is 0.787. The van der Waals surface area contributed by atoms with Gasteiger partial charge in [0.2, 0.25) is 5.91 Å². The molecule has 1 aliphatic rings. The van der Waals surface area contributed by atoms with Crippen molar-refractivity contribution in [2.24, 2.45) is 0 Å². The second kappa shape index (κ2) is 5.83. The predicted molar refractivity (Wildman–Crippen MR) is 88.4 cm³/mol. The third-order valence-corrected chi connectivity index (χ3v) is 4.08. The van der Waals surface area contributed by atoms with Gasteiger partial charge in [-0.05, 0) is 37.0 Å². The molecule has 1 fully saturated rings. The van der Waals surface area contributed by atoms with Gasteiger partial charge in [-0.3, -0.25) is 4.79 Å². The van der Waals surface area contributed by atoms with E-state index in [0.29, 0.717) is 12.3 Å². The Kier molecular flexibility index (Phi) is 3.54. The summed E-state index contributed by atoms with van der Waals surface area (Å²) in [6.07, 6.45) is 5.38. The van der Waals surface area contributed by atoms with E-state index in [4.69, 9.17) is 0 Å². The number of carbonyl (C=O) groups is 1. The van der Waals surface area contributed by atoms with Crippen LogP contribution in [0, 0.1) is 0 Å². The highest BCUT2D eigenvalue weighted by Gasteiger charge is 2.28. The van der Waals surface area contributed by atoms with Crippen LogP contribution in [0.2, 0.25) is 0 Å². The lowest BCUT2D eigenvalue weighted by Crippen LogP contribution is -2.13. The van der Waals surface area contributed by atoms with Crippen LogP contribution in [0.25, 0.3) is 5.65 Å². The fraction of sp³-hybridized carbons (Fsp3) is 0.278. The zero-order chi connectivity index (χ0) is 15.6. The van der Waals surface area contributed by atoms with Gasteiger partial charge in [-0.25, -0.2) is 9.50 Å². The summed E-state index contributed by atoms with van der Waals surface area (Å²) in [5, 5.41) is 7.46. The number of hydrogen-bond donors (Lipinski definition) is 1. The molecule has 1 amide bonds. The molecule has 0 bridgehead atoms. The molecule has 0 spiro atoms. The summed E-state index contributed by atoms with van der Waals surface area (Å²) in [7, 11) is 0. The van der Waals surface area contributed by atoms with Crippen LogP contribution in [0.3, 0.4) is 0 Å². The number of aromatic nitrogens is 3. The molecule has 2 aromatic heterocycles. The summed E-state index contributed by atoms with van der Waals surface area (Å²) in [5.74, 6) is 1.38. The lowest BCUT2D eigenvalue weighted by molar-refractivity contribution is -0.116. The monoisotopic (exact) mass is 306 g/mol. The van der Waals surface area contributed by atoms with Crippen molar-refractivity contribution in [3.63, 3.8) is 0 Å². The first-order valence-corrected chi connectivity index (χ1v) is 7.99. The zero-order valence-electron chi connectivity index (χ0n) is 12.8. The van der Waals surface area contributed by atoms with Crippen LogP contribution in [0.1, 0.15) is 36.6 Å². The van der Waals surface area contributed by atoms with Gasteiger partial charge in [-0.1, -0.05) is 30.3 Å². The molecule has 1 N–H and O–H groups in total. The number of fused-ring (bicyclic) bond motifs is 1. The van der Waals surface area contributed by atoms with E-state index in [-0.39, 0.29) is 5.91 Å². The molecule has 4 rings (SSSR count). The summed E-state index contributed by atoms with van der Waals surface area (Å²) in [4.78, 5) is 16.8. The first-order valence-electron chi connectivity index (χ1n) is 7.99. The van der Waals surface area contributed by atoms with Gasteiger partial charge >= 0.3 is 0 Å². The number of hydrogen-bond acceptors (Lipinski definition) is 3. The minimum absolute atomic E-state index is 0.00192. The summed E-state index contributed by atoms with van der Waals surface area (Å²) < 4.78 is 1.75. The minimum atomic E-state index is -0.00192. The zero-order valence-corrected chi connectivity index (χ0v) is 12.8. The van der Waals surface area contributed by atoms with Gasteiger partial charge in [0.05, 0.1) is 5.69 Å². The van der Waals surface area contributed by atoms with E-state index in [2.05, 4.69) is 15.4 Å². The van der Waals surface area contributed by atoms with Crippen molar-refractivity contribution < 1.29 is 4.79 Å². The third kappa shape index (κ3) is 3.08. The van der Waals surface area contributed by atoms with Crippen molar-refractivity contribution in [1.82, 2.24) is 14.6 Å². The Bertz CT molecular complexity index is 837. The molecule has 23 heavy (non-hydrogen) atoms. The van der Waals surface area contributed by atoms with Crippen molar-refractivity contribution in [1.29, 1.82) is 0 Å². The molecule has 0 saturated heterocycles. The SMILES string of the molecule is O=C(CCc1ccccc1)Nc1cccn2nc(C3CC3)nc12. The number of nitrogens with one attached hydrogen (secondary N) is 1. The molecule has 5 nitrogen and oxygen atoms in total. The van der Waals surface area contributed by atoms with Gasteiger partial charge < -0.3 is 5.32 Å². The van der Waals surface area contributed by atoms with Crippen molar-refractivity contribution in [3.8, 4) is 0 Å². The third-order valence-electron chi connectivity index (χ3n) is 4.08. The molecule has 5 heteroatoms. The van der Waals surface area contributed by atoms with E-state index < -0.39 is 0 Å². The standard InChI is InChI=1S/C18H18N4O/c23-16(11-8-13-5-2-1-3-6-13)19-15-7-4-12-22-18(15)20-17(21-22)14-9-10-14/h1-7,12,14H,8-11H2,(H,19,23).